The van der Waals surface area contributed by atoms with Gasteiger partial charge in [0.1, 0.15) is 0 Å². The van der Waals surface area contributed by atoms with Crippen LogP contribution in [0.1, 0.15) is 24.8 Å². The molecule has 1 fully saturated rings. The molecular weight excluding hydrogens is 316 g/mol. The maximum absolute atomic E-state index is 12.0. The fourth-order valence-corrected chi connectivity index (χ4v) is 2.35. The molecule has 0 unspecified atom stereocenters. The van der Waals surface area contributed by atoms with E-state index in [4.69, 9.17) is 0 Å². The molecule has 1 aromatic rings. The molecule has 0 saturated carbocycles. The molecule has 1 amide bonds. The molecule has 1 aliphatic heterocycles. The molecule has 1 aliphatic rings. The summed E-state index contributed by atoms with van der Waals surface area (Å²) in [4.78, 5) is 12.0. The number of piperidine rings is 1. The first-order valence-electron chi connectivity index (χ1n) is 5.97. The van der Waals surface area contributed by atoms with Gasteiger partial charge in [-0.15, -0.1) is 12.4 Å². The average Bonchev–Trinajstić information content (AvgIpc) is 2.35. The van der Waals surface area contributed by atoms with Crippen LogP contribution in [-0.2, 0) is 4.79 Å². The summed E-state index contributed by atoms with van der Waals surface area (Å²) in [6, 6.07) is 5.83. The van der Waals surface area contributed by atoms with Gasteiger partial charge >= 0.3 is 0 Å². The second kappa shape index (κ2) is 7.12. The molecular formula is C13H18BrClN2O. The number of halogens is 2. The lowest BCUT2D eigenvalue weighted by Crippen LogP contribution is -2.43. The van der Waals surface area contributed by atoms with Crippen molar-refractivity contribution in [3.8, 4) is 0 Å². The molecule has 0 spiro atoms. The van der Waals surface area contributed by atoms with Gasteiger partial charge in [-0.3, -0.25) is 4.79 Å². The highest BCUT2D eigenvalue weighted by Gasteiger charge is 2.20. The molecule has 1 atom stereocenters. The third-order valence-corrected chi connectivity index (χ3v) is 3.92. The summed E-state index contributed by atoms with van der Waals surface area (Å²) in [5.41, 5.74) is 2.01. The van der Waals surface area contributed by atoms with Gasteiger partial charge in [-0.2, -0.15) is 0 Å². The van der Waals surface area contributed by atoms with Crippen molar-refractivity contribution in [3.05, 3.63) is 28.2 Å². The maximum atomic E-state index is 12.0. The van der Waals surface area contributed by atoms with Gasteiger partial charge in [-0.25, -0.2) is 0 Å². The summed E-state index contributed by atoms with van der Waals surface area (Å²) < 4.78 is 1.02. The Morgan fingerprint density at radius 3 is 2.83 bits per heavy atom. The molecule has 1 saturated heterocycles. The molecule has 2 N–H and O–H groups in total. The Bertz CT molecular complexity index is 419. The second-order valence-corrected chi connectivity index (χ2v) is 5.31. The van der Waals surface area contributed by atoms with Gasteiger partial charge in [0.05, 0.1) is 6.04 Å². The summed E-state index contributed by atoms with van der Waals surface area (Å²) in [7, 11) is 0. The Balaban J connectivity index is 0.00000162. The Kier molecular flexibility index (Phi) is 6.12. The number of amides is 1. The summed E-state index contributed by atoms with van der Waals surface area (Å²) in [5.74, 6) is 0.0699. The van der Waals surface area contributed by atoms with E-state index in [2.05, 4.69) is 26.6 Å². The van der Waals surface area contributed by atoms with Crippen molar-refractivity contribution in [2.24, 2.45) is 0 Å². The average molecular weight is 334 g/mol. The van der Waals surface area contributed by atoms with Crippen LogP contribution in [-0.4, -0.2) is 18.5 Å². The van der Waals surface area contributed by atoms with Gasteiger partial charge in [0.15, 0.2) is 0 Å². The third kappa shape index (κ3) is 3.97. The predicted octanol–water partition coefficient (Wildman–Crippen LogP) is 3.26. The van der Waals surface area contributed by atoms with Gasteiger partial charge in [-0.1, -0.05) is 28.4 Å². The number of hydrogen-bond donors (Lipinski definition) is 2. The van der Waals surface area contributed by atoms with E-state index < -0.39 is 0 Å². The SMILES string of the molecule is Cc1ccc(NC(=O)[C@H]2CCCCN2)cc1Br.Cl. The molecule has 100 valence electrons. The van der Waals surface area contributed by atoms with Crippen LogP contribution >= 0.6 is 28.3 Å². The maximum Gasteiger partial charge on any atom is 0.241 e. The lowest BCUT2D eigenvalue weighted by atomic mass is 10.0. The van der Waals surface area contributed by atoms with Crippen LogP contribution in [0.25, 0.3) is 0 Å². The minimum atomic E-state index is -0.0381. The number of rotatable bonds is 2. The normalized spacial score (nSPS) is 18.9. The number of hydrogen-bond acceptors (Lipinski definition) is 2. The lowest BCUT2D eigenvalue weighted by molar-refractivity contribution is -0.118. The molecule has 0 bridgehead atoms. The van der Waals surface area contributed by atoms with Crippen molar-refractivity contribution in [2.45, 2.75) is 32.2 Å². The molecule has 0 aliphatic carbocycles. The largest absolute Gasteiger partial charge is 0.325 e. The first-order chi connectivity index (χ1) is 8.16. The van der Waals surface area contributed by atoms with E-state index in [0.29, 0.717) is 0 Å². The van der Waals surface area contributed by atoms with E-state index in [0.717, 1.165) is 29.5 Å². The quantitative estimate of drug-likeness (QED) is 0.872. The van der Waals surface area contributed by atoms with Gasteiger partial charge < -0.3 is 10.6 Å². The lowest BCUT2D eigenvalue weighted by Gasteiger charge is -2.22. The fourth-order valence-electron chi connectivity index (χ4n) is 1.98. The van der Waals surface area contributed by atoms with Crippen molar-refractivity contribution in [1.29, 1.82) is 0 Å². The van der Waals surface area contributed by atoms with Crippen LogP contribution in [0.5, 0.6) is 0 Å². The highest BCUT2D eigenvalue weighted by Crippen LogP contribution is 2.21. The molecule has 3 nitrogen and oxygen atoms in total. The van der Waals surface area contributed by atoms with Crippen LogP contribution in [0, 0.1) is 6.92 Å². The van der Waals surface area contributed by atoms with Crippen LogP contribution in [0.15, 0.2) is 22.7 Å². The van der Waals surface area contributed by atoms with E-state index in [9.17, 15) is 4.79 Å². The standard InChI is InChI=1S/C13H17BrN2O.ClH/c1-9-5-6-10(8-11(9)14)16-13(17)12-4-2-3-7-15-12;/h5-6,8,12,15H,2-4,7H2,1H3,(H,16,17);1H/t12-;/m1./s1. The summed E-state index contributed by atoms with van der Waals surface area (Å²) >= 11 is 3.47. The minimum absolute atomic E-state index is 0. The van der Waals surface area contributed by atoms with Crippen LogP contribution in [0.2, 0.25) is 0 Å². The van der Waals surface area contributed by atoms with Crippen LogP contribution < -0.4 is 10.6 Å². The number of nitrogens with one attached hydrogen (secondary N) is 2. The first kappa shape index (κ1) is 15.5. The molecule has 18 heavy (non-hydrogen) atoms. The molecule has 1 heterocycles. The number of anilines is 1. The number of aryl methyl sites for hydroxylation is 1. The predicted molar refractivity (Wildman–Crippen MR) is 80.4 cm³/mol. The molecule has 0 aromatic heterocycles. The minimum Gasteiger partial charge on any atom is -0.325 e. The number of carbonyl (C=O) groups is 1. The Morgan fingerprint density at radius 2 is 2.22 bits per heavy atom. The zero-order valence-electron chi connectivity index (χ0n) is 10.3. The number of benzene rings is 1. The highest BCUT2D eigenvalue weighted by atomic mass is 79.9. The summed E-state index contributed by atoms with van der Waals surface area (Å²) in [6.07, 6.45) is 3.22. The van der Waals surface area contributed by atoms with Crippen molar-refractivity contribution in [3.63, 3.8) is 0 Å². The van der Waals surface area contributed by atoms with Gasteiger partial charge in [0, 0.05) is 10.2 Å². The van der Waals surface area contributed by atoms with Gasteiger partial charge in [0.2, 0.25) is 5.91 Å². The third-order valence-electron chi connectivity index (χ3n) is 3.07. The van der Waals surface area contributed by atoms with Gasteiger partial charge in [0.25, 0.3) is 0 Å². The molecule has 2 rings (SSSR count). The zero-order valence-corrected chi connectivity index (χ0v) is 12.7. The monoisotopic (exact) mass is 332 g/mol. The van der Waals surface area contributed by atoms with E-state index >= 15 is 0 Å². The van der Waals surface area contributed by atoms with Crippen molar-refractivity contribution in [1.82, 2.24) is 5.32 Å². The zero-order chi connectivity index (χ0) is 12.3. The molecule has 5 heteroatoms. The van der Waals surface area contributed by atoms with Crippen LogP contribution in [0.3, 0.4) is 0 Å². The summed E-state index contributed by atoms with van der Waals surface area (Å²) in [5, 5.41) is 6.19. The van der Waals surface area contributed by atoms with E-state index in [1.165, 1.54) is 12.0 Å². The fraction of sp³-hybridized carbons (Fsp3) is 0.462. The Labute approximate surface area is 122 Å². The second-order valence-electron chi connectivity index (χ2n) is 4.46. The smallest absolute Gasteiger partial charge is 0.241 e. The van der Waals surface area contributed by atoms with Crippen molar-refractivity contribution in [2.75, 3.05) is 11.9 Å². The van der Waals surface area contributed by atoms with Crippen LogP contribution in [0.4, 0.5) is 5.69 Å². The van der Waals surface area contributed by atoms with Crippen molar-refractivity contribution >= 4 is 39.9 Å². The van der Waals surface area contributed by atoms with Gasteiger partial charge in [-0.05, 0) is 44.0 Å². The van der Waals surface area contributed by atoms with Crippen molar-refractivity contribution < 1.29 is 4.79 Å². The highest BCUT2D eigenvalue weighted by molar-refractivity contribution is 9.10. The molecule has 1 aromatic carbocycles. The van der Waals surface area contributed by atoms with E-state index in [1.54, 1.807) is 0 Å². The summed E-state index contributed by atoms with van der Waals surface area (Å²) in [6.45, 7) is 2.97. The Hall–Kier alpha value is -0.580. The van der Waals surface area contributed by atoms with E-state index in [1.807, 2.05) is 25.1 Å². The Morgan fingerprint density at radius 1 is 1.44 bits per heavy atom. The topological polar surface area (TPSA) is 41.1 Å². The first-order valence-corrected chi connectivity index (χ1v) is 6.76. The number of carbonyl (C=O) groups excluding carboxylic acids is 1. The molecule has 0 radical (unpaired) electrons. The van der Waals surface area contributed by atoms with E-state index in [-0.39, 0.29) is 24.4 Å².